The van der Waals surface area contributed by atoms with E-state index in [0.717, 1.165) is 104 Å². The number of benzene rings is 4. The lowest BCUT2D eigenvalue weighted by molar-refractivity contribution is -0.193. The maximum absolute atomic E-state index is 14.7. The van der Waals surface area contributed by atoms with E-state index in [1.807, 2.05) is 23.2 Å². The summed E-state index contributed by atoms with van der Waals surface area (Å²) in [4.78, 5) is 38.6. The molecule has 6 heterocycles. The lowest BCUT2D eigenvalue weighted by Gasteiger charge is -2.30. The fraction of sp³-hybridized carbons (Fsp3) is 0.400. The molecule has 4 aromatic carbocycles. The van der Waals surface area contributed by atoms with Crippen LogP contribution in [0.25, 0.3) is 33.7 Å². The van der Waals surface area contributed by atoms with Gasteiger partial charge in [0.2, 0.25) is 0 Å². The van der Waals surface area contributed by atoms with Crippen LogP contribution in [0, 0.1) is 25.5 Å². The number of rotatable bonds is 7. The van der Waals surface area contributed by atoms with E-state index in [0.29, 0.717) is 30.5 Å². The number of nitrogens with zero attached hydrogens (tertiary/aromatic N) is 7. The number of aliphatic hydroxyl groups is 1. The Morgan fingerprint density at radius 3 is 1.31 bits per heavy atom. The van der Waals surface area contributed by atoms with E-state index in [2.05, 4.69) is 104 Å². The number of aliphatic carboxylic acids is 3. The van der Waals surface area contributed by atoms with Crippen molar-refractivity contribution in [2.75, 3.05) is 43.9 Å². The van der Waals surface area contributed by atoms with Crippen molar-refractivity contribution in [1.82, 2.24) is 40.2 Å². The Labute approximate surface area is 526 Å². The lowest BCUT2D eigenvalue weighted by atomic mass is 9.90. The third kappa shape index (κ3) is 22.1. The number of aromatic nitrogens is 6. The number of carbonyl (C=O) groups is 4. The first-order valence-electron chi connectivity index (χ1n) is 27.3. The topological polar surface area (TPSA) is 250 Å². The number of halogens is 13. The van der Waals surface area contributed by atoms with E-state index in [-0.39, 0.29) is 35.3 Å². The van der Waals surface area contributed by atoms with Gasteiger partial charge in [-0.3, -0.25) is 4.90 Å². The van der Waals surface area contributed by atoms with Crippen LogP contribution in [0.1, 0.15) is 107 Å². The van der Waals surface area contributed by atoms with Gasteiger partial charge in [0, 0.05) is 57.0 Å². The molecule has 0 spiro atoms. The molecule has 2 aromatic heterocycles. The molecule has 18 nitrogen and oxygen atoms in total. The molecule has 0 radical (unpaired) electrons. The standard InChI is InChI=1S/C26H29ClFN5.C23H23ClFN5.C3H6O.3C2HF3O2.CH4O.CH4/c1-16(2)32-12-9-18(10-13-32)19-7-8-20-21(15-19)23(11-14-33-26(20)17(3)30-31-33)29-24-6-4-5-22(27)25(24)28;1-14-23-17-6-5-16(15-7-10-26-11-8-15)13-18(17)20(9-12-30(23)29-28-14)27-21-4-2-3-19(24)22(21)25;1-3(2)4;3*3-2(4,5)1(6)7;1-2;/h4-9,15-16,23,29H,10-14H2,1-3H3;2-7,13,20,26-27H,8-12H2,1H3;1-2H3;3*(H,6,7);2H,1H3;1H4. The molecule has 2 atom stereocenters. The second kappa shape index (κ2) is 34.4. The van der Waals surface area contributed by atoms with E-state index in [1.165, 1.54) is 36.1 Å². The minimum Gasteiger partial charge on any atom is -0.475 e. The summed E-state index contributed by atoms with van der Waals surface area (Å²) in [5, 5.41) is 56.1. The molecule has 91 heavy (non-hydrogen) atoms. The number of carbonyl (C=O) groups excluding carboxylic acids is 1. The predicted molar refractivity (Wildman–Crippen MR) is 322 cm³/mol. The maximum atomic E-state index is 14.7. The molecule has 2 unspecified atom stereocenters. The zero-order valence-corrected chi connectivity index (χ0v) is 50.9. The fourth-order valence-electron chi connectivity index (χ4n) is 9.33. The van der Waals surface area contributed by atoms with Crippen LogP contribution < -0.4 is 16.0 Å². The number of aliphatic hydroxyl groups excluding tert-OH is 1. The molecule has 4 aliphatic heterocycles. The van der Waals surface area contributed by atoms with Crippen LogP contribution in [0.4, 0.5) is 59.7 Å². The molecule has 498 valence electrons. The van der Waals surface area contributed by atoms with Crippen molar-refractivity contribution in [1.29, 1.82) is 0 Å². The van der Waals surface area contributed by atoms with Crippen LogP contribution in [-0.4, -0.2) is 137 Å². The number of carboxylic acid groups (broad SMARTS) is 3. The molecule has 6 aromatic rings. The molecule has 31 heteroatoms. The summed E-state index contributed by atoms with van der Waals surface area (Å²) in [6.45, 7) is 16.8. The highest BCUT2D eigenvalue weighted by atomic mass is 35.5. The minimum atomic E-state index is -5.08. The van der Waals surface area contributed by atoms with Crippen LogP contribution in [0.5, 0.6) is 0 Å². The Kier molecular flexibility index (Phi) is 29.2. The van der Waals surface area contributed by atoms with Crippen molar-refractivity contribution < 1.29 is 87.9 Å². The summed E-state index contributed by atoms with van der Waals surface area (Å²) < 4.78 is 128. The zero-order valence-electron chi connectivity index (χ0n) is 49.4. The summed E-state index contributed by atoms with van der Waals surface area (Å²) in [6, 6.07) is 23.8. The molecular weight excluding hydrogens is 1270 g/mol. The number of fused-ring (bicyclic) bond motifs is 6. The van der Waals surface area contributed by atoms with Crippen LogP contribution in [0.3, 0.4) is 0 Å². The van der Waals surface area contributed by atoms with Gasteiger partial charge in [0.25, 0.3) is 0 Å². The number of hydrogen-bond donors (Lipinski definition) is 7. The largest absolute Gasteiger partial charge is 0.490 e. The van der Waals surface area contributed by atoms with Gasteiger partial charge in [0.15, 0.2) is 11.6 Å². The highest BCUT2D eigenvalue weighted by Crippen LogP contribution is 2.42. The van der Waals surface area contributed by atoms with Gasteiger partial charge in [-0.2, -0.15) is 39.5 Å². The van der Waals surface area contributed by atoms with Crippen LogP contribution in [0.2, 0.25) is 10.0 Å². The molecule has 0 amide bonds. The SMILES string of the molecule is C.CC(C)=O.CO.Cc1nnn2c1-c1ccc(C3=CCN(C(C)C)CC3)cc1C(Nc1cccc(Cl)c1F)CC2.Cc1nnn2c1-c1ccc(C3=CCNCC3)cc1C(Nc1cccc(Cl)c1F)CC2.O=C(O)C(F)(F)F.O=C(O)C(F)(F)F.O=C(O)C(F)(F)F. The number of hydrogen-bond acceptors (Lipinski definition) is 13. The van der Waals surface area contributed by atoms with Crippen molar-refractivity contribution in [2.24, 2.45) is 0 Å². The molecule has 0 fully saturated rings. The van der Waals surface area contributed by atoms with E-state index < -0.39 is 48.1 Å². The minimum absolute atomic E-state index is 0. The maximum Gasteiger partial charge on any atom is 0.490 e. The molecule has 4 aliphatic rings. The molecular formula is C60H69Cl2F11N10O8. The number of carboxylic acids is 3. The quantitative estimate of drug-likeness (QED) is 0.0734. The third-order valence-corrected chi connectivity index (χ3v) is 14.1. The van der Waals surface area contributed by atoms with Gasteiger partial charge >= 0.3 is 36.4 Å². The van der Waals surface area contributed by atoms with Gasteiger partial charge < -0.3 is 41.2 Å². The Morgan fingerprint density at radius 2 is 0.989 bits per heavy atom. The Bertz CT molecular complexity index is 3460. The van der Waals surface area contributed by atoms with Gasteiger partial charge in [0.1, 0.15) is 5.78 Å². The summed E-state index contributed by atoms with van der Waals surface area (Å²) in [7, 11) is 1.00. The Morgan fingerprint density at radius 1 is 0.615 bits per heavy atom. The van der Waals surface area contributed by atoms with Gasteiger partial charge in [-0.1, -0.05) is 89.6 Å². The zero-order chi connectivity index (χ0) is 67.6. The summed E-state index contributed by atoms with van der Waals surface area (Å²) in [5.41, 5.74) is 14.3. The molecule has 7 N–H and O–H groups in total. The van der Waals surface area contributed by atoms with Gasteiger partial charge in [-0.25, -0.2) is 32.5 Å². The first-order valence-corrected chi connectivity index (χ1v) is 28.0. The Hall–Kier alpha value is -7.99. The summed E-state index contributed by atoms with van der Waals surface area (Å²) in [5.74, 6) is -8.94. The van der Waals surface area contributed by atoms with Crippen LogP contribution >= 0.6 is 23.2 Å². The second-order valence-corrected chi connectivity index (χ2v) is 21.2. The number of nitrogens with one attached hydrogen (secondary N) is 3. The average molecular weight is 1340 g/mol. The second-order valence-electron chi connectivity index (χ2n) is 20.3. The monoisotopic (exact) mass is 1340 g/mol. The Balaban J connectivity index is 0.000000338. The number of aryl methyl sites for hydroxylation is 4. The molecule has 0 saturated heterocycles. The van der Waals surface area contributed by atoms with E-state index in [1.54, 1.807) is 36.4 Å². The smallest absolute Gasteiger partial charge is 0.475 e. The van der Waals surface area contributed by atoms with E-state index in [4.69, 9.17) is 58.0 Å². The number of ketones is 1. The van der Waals surface area contributed by atoms with Gasteiger partial charge in [0.05, 0.1) is 56.3 Å². The van der Waals surface area contributed by atoms with Gasteiger partial charge in [-0.15, -0.1) is 10.2 Å². The van der Waals surface area contributed by atoms with E-state index in [9.17, 15) is 53.1 Å². The van der Waals surface area contributed by atoms with Crippen molar-refractivity contribution in [2.45, 2.75) is 124 Å². The lowest BCUT2D eigenvalue weighted by Crippen LogP contribution is -2.34. The van der Waals surface area contributed by atoms with Crippen LogP contribution in [-0.2, 0) is 32.3 Å². The fourth-order valence-corrected chi connectivity index (χ4v) is 9.68. The number of alkyl halides is 9. The first-order chi connectivity index (χ1) is 42.1. The normalized spacial score (nSPS) is 15.7. The summed E-state index contributed by atoms with van der Waals surface area (Å²) in [6.07, 6.45) is -7.11. The molecule has 0 aliphatic carbocycles. The average Bonchev–Trinajstić information content (AvgIpc) is 1.74. The molecule has 10 rings (SSSR count). The van der Waals surface area contributed by atoms with E-state index >= 15 is 0 Å². The van der Waals surface area contributed by atoms with Crippen molar-refractivity contribution in [3.05, 3.63) is 140 Å². The number of Topliss-reactive ketones (excluding diaryl/α,β-unsaturated/α-hetero) is 1. The highest BCUT2D eigenvalue weighted by Gasteiger charge is 2.40. The number of anilines is 2. The third-order valence-electron chi connectivity index (χ3n) is 13.5. The molecule has 0 saturated carbocycles. The summed E-state index contributed by atoms with van der Waals surface area (Å²) >= 11 is 12.1. The van der Waals surface area contributed by atoms with Crippen molar-refractivity contribution in [3.8, 4) is 22.5 Å². The molecule has 0 bridgehead atoms. The predicted octanol–water partition coefficient (Wildman–Crippen LogP) is 13.8. The highest BCUT2D eigenvalue weighted by molar-refractivity contribution is 6.31. The van der Waals surface area contributed by atoms with Crippen molar-refractivity contribution in [3.63, 3.8) is 0 Å². The van der Waals surface area contributed by atoms with Gasteiger partial charge in [-0.05, 0) is 144 Å². The van der Waals surface area contributed by atoms with Crippen molar-refractivity contribution >= 4 is 69.4 Å². The first kappa shape index (κ1) is 77.3. The van der Waals surface area contributed by atoms with Crippen LogP contribution in [0.15, 0.2) is 84.9 Å².